The molecule has 0 amide bonds. The van der Waals surface area contributed by atoms with Crippen molar-refractivity contribution >= 4 is 17.1 Å². The van der Waals surface area contributed by atoms with E-state index in [-0.39, 0.29) is 16.4 Å². The van der Waals surface area contributed by atoms with Gasteiger partial charge in [-0.25, -0.2) is 4.79 Å². The zero-order valence-electron chi connectivity index (χ0n) is 17.5. The minimum absolute atomic E-state index is 0.0721. The number of hydrogen-bond donors (Lipinski definition) is 1. The van der Waals surface area contributed by atoms with E-state index in [0.29, 0.717) is 17.9 Å². The summed E-state index contributed by atoms with van der Waals surface area (Å²) in [7, 11) is 0. The van der Waals surface area contributed by atoms with Crippen molar-refractivity contribution in [1.29, 1.82) is 0 Å². The summed E-state index contributed by atoms with van der Waals surface area (Å²) >= 11 is 0. The standard InChI is InChI=1S/C23H31FO3/c1-8-11-27-19-13-18-16(12-15(19)14(2)20(24)21(25)26)17(22(3,4)5)9-10-23(18,6)7/h9,12-13H,8,10-11H2,1-7H3,(H,25,26). The van der Waals surface area contributed by atoms with Gasteiger partial charge in [0.2, 0.25) is 5.83 Å². The van der Waals surface area contributed by atoms with Crippen molar-refractivity contribution in [3.05, 3.63) is 40.7 Å². The molecule has 3 nitrogen and oxygen atoms in total. The van der Waals surface area contributed by atoms with E-state index in [1.165, 1.54) is 12.5 Å². The Balaban J connectivity index is 2.80. The maximum Gasteiger partial charge on any atom is 0.365 e. The van der Waals surface area contributed by atoms with Crippen molar-refractivity contribution < 1.29 is 19.0 Å². The van der Waals surface area contributed by atoms with Crippen LogP contribution in [0, 0.1) is 5.41 Å². The van der Waals surface area contributed by atoms with Crippen LogP contribution in [-0.2, 0) is 10.2 Å². The largest absolute Gasteiger partial charge is 0.493 e. The summed E-state index contributed by atoms with van der Waals surface area (Å²) in [6.07, 6.45) is 3.99. The average Bonchev–Trinajstić information content (AvgIpc) is 2.56. The second-order valence-electron chi connectivity index (χ2n) is 8.94. The first-order chi connectivity index (χ1) is 12.4. The molecule has 1 aliphatic rings. The summed E-state index contributed by atoms with van der Waals surface area (Å²) in [4.78, 5) is 11.2. The molecule has 0 aliphatic heterocycles. The molecular weight excluding hydrogens is 343 g/mol. The Kier molecular flexibility index (Phi) is 5.88. The quantitative estimate of drug-likeness (QED) is 0.609. The number of halogens is 1. The molecule has 1 aromatic carbocycles. The molecule has 0 radical (unpaired) electrons. The van der Waals surface area contributed by atoms with Crippen LogP contribution in [0.5, 0.6) is 5.75 Å². The normalized spacial score (nSPS) is 17.0. The van der Waals surface area contributed by atoms with Crippen LogP contribution in [0.15, 0.2) is 24.0 Å². The molecule has 0 fully saturated rings. The summed E-state index contributed by atoms with van der Waals surface area (Å²) in [5.74, 6) is -2.15. The topological polar surface area (TPSA) is 46.5 Å². The summed E-state index contributed by atoms with van der Waals surface area (Å²) in [6, 6.07) is 3.90. The van der Waals surface area contributed by atoms with E-state index in [2.05, 4.69) is 40.7 Å². The van der Waals surface area contributed by atoms with Crippen molar-refractivity contribution in [3.63, 3.8) is 0 Å². The van der Waals surface area contributed by atoms with E-state index in [4.69, 9.17) is 9.84 Å². The molecule has 0 bridgehead atoms. The molecule has 4 heteroatoms. The third kappa shape index (κ3) is 4.26. The van der Waals surface area contributed by atoms with Gasteiger partial charge in [-0.05, 0) is 59.4 Å². The number of benzene rings is 1. The van der Waals surface area contributed by atoms with Crippen LogP contribution in [-0.4, -0.2) is 17.7 Å². The van der Waals surface area contributed by atoms with Crippen LogP contribution in [0.2, 0.25) is 0 Å². The lowest BCUT2D eigenvalue weighted by Crippen LogP contribution is -2.25. The average molecular weight is 374 g/mol. The van der Waals surface area contributed by atoms with E-state index in [1.54, 1.807) is 0 Å². The van der Waals surface area contributed by atoms with Crippen LogP contribution in [0.4, 0.5) is 4.39 Å². The second-order valence-corrected chi connectivity index (χ2v) is 8.94. The molecule has 0 saturated heterocycles. The zero-order chi connectivity index (χ0) is 20.6. The minimum Gasteiger partial charge on any atom is -0.493 e. The van der Waals surface area contributed by atoms with Gasteiger partial charge in [-0.2, -0.15) is 4.39 Å². The van der Waals surface area contributed by atoms with Gasteiger partial charge >= 0.3 is 5.97 Å². The fourth-order valence-corrected chi connectivity index (χ4v) is 3.55. The maximum absolute atomic E-state index is 14.2. The van der Waals surface area contributed by atoms with E-state index >= 15 is 0 Å². The highest BCUT2D eigenvalue weighted by Gasteiger charge is 2.34. The third-order valence-electron chi connectivity index (χ3n) is 5.15. The van der Waals surface area contributed by atoms with Crippen LogP contribution >= 0.6 is 0 Å². The smallest absolute Gasteiger partial charge is 0.365 e. The summed E-state index contributed by atoms with van der Waals surface area (Å²) < 4.78 is 20.1. The summed E-state index contributed by atoms with van der Waals surface area (Å²) in [5.41, 5.74) is 3.86. The van der Waals surface area contributed by atoms with E-state index in [9.17, 15) is 9.18 Å². The van der Waals surface area contributed by atoms with Crippen molar-refractivity contribution in [2.24, 2.45) is 5.41 Å². The van der Waals surface area contributed by atoms with E-state index in [0.717, 1.165) is 24.0 Å². The van der Waals surface area contributed by atoms with Crippen LogP contribution < -0.4 is 4.74 Å². The first-order valence-corrected chi connectivity index (χ1v) is 9.52. The second kappa shape index (κ2) is 7.49. The number of allylic oxidation sites excluding steroid dienone is 3. The Morgan fingerprint density at radius 1 is 1.30 bits per heavy atom. The lowest BCUT2D eigenvalue weighted by Gasteiger charge is -2.37. The number of carbonyl (C=O) groups is 1. The maximum atomic E-state index is 14.2. The number of carboxylic acids is 1. The molecule has 1 N–H and O–H groups in total. The number of hydrogen-bond acceptors (Lipinski definition) is 2. The SMILES string of the molecule is CCCOc1cc2c(cc1C(C)=C(F)C(=O)O)C(C(C)(C)C)=CCC2(C)C. The van der Waals surface area contributed by atoms with Crippen LogP contribution in [0.1, 0.15) is 78.0 Å². The molecule has 1 aromatic rings. The first kappa shape index (κ1) is 21.2. The van der Waals surface area contributed by atoms with Gasteiger partial charge < -0.3 is 9.84 Å². The molecule has 0 saturated carbocycles. The first-order valence-electron chi connectivity index (χ1n) is 9.52. The Hall–Kier alpha value is -2.10. The number of rotatable bonds is 5. The van der Waals surface area contributed by atoms with Gasteiger partial charge in [-0.1, -0.05) is 47.6 Å². The molecule has 0 unspecified atom stereocenters. The molecule has 0 spiro atoms. The summed E-state index contributed by atoms with van der Waals surface area (Å²) in [6.45, 7) is 14.8. The van der Waals surface area contributed by atoms with Gasteiger partial charge in [-0.3, -0.25) is 0 Å². The predicted octanol–water partition coefficient (Wildman–Crippen LogP) is 6.37. The predicted molar refractivity (Wildman–Crippen MR) is 109 cm³/mol. The monoisotopic (exact) mass is 374 g/mol. The Morgan fingerprint density at radius 3 is 2.44 bits per heavy atom. The fraction of sp³-hybridized carbons (Fsp3) is 0.522. The Morgan fingerprint density at radius 2 is 1.93 bits per heavy atom. The van der Waals surface area contributed by atoms with Gasteiger partial charge in [0, 0.05) is 11.1 Å². The third-order valence-corrected chi connectivity index (χ3v) is 5.15. The number of aliphatic carboxylic acids is 1. The molecule has 0 heterocycles. The van der Waals surface area contributed by atoms with Gasteiger partial charge in [-0.15, -0.1) is 0 Å². The molecule has 148 valence electrons. The van der Waals surface area contributed by atoms with Gasteiger partial charge in [0.15, 0.2) is 0 Å². The number of ether oxygens (including phenoxy) is 1. The van der Waals surface area contributed by atoms with Gasteiger partial charge in [0.05, 0.1) is 6.61 Å². The van der Waals surface area contributed by atoms with Crippen LogP contribution in [0.3, 0.4) is 0 Å². The Bertz CT molecular complexity index is 808. The molecule has 1 aliphatic carbocycles. The van der Waals surface area contributed by atoms with Gasteiger partial charge in [0.1, 0.15) is 5.75 Å². The minimum atomic E-state index is -1.56. The highest BCUT2D eigenvalue weighted by atomic mass is 19.1. The Labute approximate surface area is 161 Å². The van der Waals surface area contributed by atoms with Crippen molar-refractivity contribution in [2.45, 2.75) is 66.7 Å². The van der Waals surface area contributed by atoms with Crippen molar-refractivity contribution in [3.8, 4) is 5.75 Å². The number of carboxylic acid groups (broad SMARTS) is 1. The highest BCUT2D eigenvalue weighted by Crippen LogP contribution is 2.48. The number of fused-ring (bicyclic) bond motifs is 1. The van der Waals surface area contributed by atoms with E-state index < -0.39 is 11.8 Å². The fourth-order valence-electron chi connectivity index (χ4n) is 3.55. The molecule has 27 heavy (non-hydrogen) atoms. The molecule has 2 rings (SSSR count). The highest BCUT2D eigenvalue weighted by molar-refractivity contribution is 5.95. The van der Waals surface area contributed by atoms with Crippen LogP contribution in [0.25, 0.3) is 11.1 Å². The molecule has 0 atom stereocenters. The van der Waals surface area contributed by atoms with E-state index in [1.807, 2.05) is 19.1 Å². The summed E-state index contributed by atoms with van der Waals surface area (Å²) in [5, 5.41) is 9.10. The van der Waals surface area contributed by atoms with Crippen molar-refractivity contribution in [2.75, 3.05) is 6.61 Å². The lowest BCUT2D eigenvalue weighted by atomic mass is 9.67. The zero-order valence-corrected chi connectivity index (χ0v) is 17.5. The molecular formula is C23H31FO3. The molecule has 0 aromatic heterocycles. The van der Waals surface area contributed by atoms with Gasteiger partial charge in [0.25, 0.3) is 0 Å². The lowest BCUT2D eigenvalue weighted by molar-refractivity contribution is -0.134. The van der Waals surface area contributed by atoms with Crippen molar-refractivity contribution in [1.82, 2.24) is 0 Å².